The molecule has 0 aromatic rings. The van der Waals surface area contributed by atoms with Crippen molar-refractivity contribution in [1.82, 2.24) is 15.1 Å². The van der Waals surface area contributed by atoms with Crippen molar-refractivity contribution in [2.75, 3.05) is 19.7 Å². The van der Waals surface area contributed by atoms with Crippen molar-refractivity contribution in [3.63, 3.8) is 0 Å². The molecule has 3 heterocycles. The number of β-lactam (4-membered cyclic amide) rings is 1. The van der Waals surface area contributed by atoms with E-state index in [-0.39, 0.29) is 30.2 Å². The maximum absolute atomic E-state index is 12.3. The Kier molecular flexibility index (Phi) is 4.18. The molecule has 3 aliphatic heterocycles. The number of carbonyl (C=O) groups is 5. The number of rotatable bonds is 5. The van der Waals surface area contributed by atoms with Gasteiger partial charge in [0.05, 0.1) is 12.6 Å². The number of alkyl carbamates (subject to hydrolysis) is 1. The summed E-state index contributed by atoms with van der Waals surface area (Å²) < 4.78 is 4.89. The average Bonchev–Trinajstić information content (AvgIpc) is 2.93. The van der Waals surface area contributed by atoms with Crippen molar-refractivity contribution in [3.05, 3.63) is 11.3 Å². The summed E-state index contributed by atoms with van der Waals surface area (Å²) in [6.45, 7) is -0.748. The second kappa shape index (κ2) is 6.20. The predicted octanol–water partition coefficient (Wildman–Crippen LogP) is -1.87. The zero-order valence-corrected chi connectivity index (χ0v) is 13.4. The summed E-state index contributed by atoms with van der Waals surface area (Å²) in [6.07, 6.45) is -2.02. The van der Waals surface area contributed by atoms with E-state index in [4.69, 9.17) is 10.5 Å². The van der Waals surface area contributed by atoms with E-state index in [1.165, 1.54) is 0 Å². The van der Waals surface area contributed by atoms with Crippen molar-refractivity contribution in [3.8, 4) is 0 Å². The van der Waals surface area contributed by atoms with Crippen LogP contribution in [-0.4, -0.2) is 81.8 Å². The molecule has 12 nitrogen and oxygen atoms in total. The summed E-state index contributed by atoms with van der Waals surface area (Å²) in [6, 6.07) is -1.38. The molecule has 2 fully saturated rings. The third-order valence-corrected chi connectivity index (χ3v) is 4.68. The first-order chi connectivity index (χ1) is 12.2. The van der Waals surface area contributed by atoms with E-state index >= 15 is 0 Å². The van der Waals surface area contributed by atoms with Crippen LogP contribution in [0.2, 0.25) is 0 Å². The van der Waals surface area contributed by atoms with Gasteiger partial charge in [-0.25, -0.2) is 14.4 Å². The van der Waals surface area contributed by atoms with Crippen LogP contribution in [0.3, 0.4) is 0 Å². The molecule has 0 saturated carbocycles. The molecule has 12 heteroatoms. The molecule has 5 N–H and O–H groups in total. The number of likely N-dealkylation sites (tertiary alicyclic amines) is 1. The summed E-state index contributed by atoms with van der Waals surface area (Å²) in [7, 11) is 0. The Hall–Kier alpha value is -3.31. The van der Waals surface area contributed by atoms with Crippen LogP contribution in [0.1, 0.15) is 6.42 Å². The van der Waals surface area contributed by atoms with E-state index in [1.54, 1.807) is 0 Å². The molecule has 0 bridgehead atoms. The van der Waals surface area contributed by atoms with Crippen LogP contribution in [-0.2, 0) is 19.1 Å². The molecule has 0 aliphatic carbocycles. The summed E-state index contributed by atoms with van der Waals surface area (Å²) in [5, 5.41) is 20.8. The number of primary amides is 1. The Morgan fingerprint density at radius 3 is 2.54 bits per heavy atom. The normalized spacial score (nSPS) is 26.2. The lowest BCUT2D eigenvalue weighted by Crippen LogP contribution is -2.69. The van der Waals surface area contributed by atoms with Crippen molar-refractivity contribution >= 4 is 30.0 Å². The van der Waals surface area contributed by atoms with Crippen LogP contribution >= 0.6 is 0 Å². The van der Waals surface area contributed by atoms with E-state index < -0.39 is 55.2 Å². The highest BCUT2D eigenvalue weighted by molar-refractivity contribution is 6.02. The maximum Gasteiger partial charge on any atom is 0.408 e. The highest BCUT2D eigenvalue weighted by Gasteiger charge is 2.64. The molecule has 2 saturated heterocycles. The fourth-order valence-corrected chi connectivity index (χ4v) is 3.72. The Bertz CT molecular complexity index is 747. The third-order valence-electron chi connectivity index (χ3n) is 4.68. The molecule has 140 valence electrons. The van der Waals surface area contributed by atoms with Gasteiger partial charge in [-0.15, -0.1) is 0 Å². The Morgan fingerprint density at radius 2 is 1.96 bits per heavy atom. The van der Waals surface area contributed by atoms with Gasteiger partial charge in [0.25, 0.3) is 5.91 Å². The molecular formula is C14H16N4O8. The van der Waals surface area contributed by atoms with Gasteiger partial charge < -0.3 is 26.0 Å². The molecule has 0 aromatic heterocycles. The molecule has 0 radical (unpaired) electrons. The fourth-order valence-electron chi connectivity index (χ4n) is 3.72. The lowest BCUT2D eigenvalue weighted by molar-refractivity contribution is -0.156. The Morgan fingerprint density at radius 1 is 1.27 bits per heavy atom. The largest absolute Gasteiger partial charge is 0.477 e. The van der Waals surface area contributed by atoms with E-state index in [2.05, 4.69) is 5.32 Å². The second-order valence-corrected chi connectivity index (χ2v) is 6.20. The first-order valence-corrected chi connectivity index (χ1v) is 7.69. The predicted molar refractivity (Wildman–Crippen MR) is 80.5 cm³/mol. The zero-order valence-electron chi connectivity index (χ0n) is 13.4. The number of nitrogens with one attached hydrogen (secondary N) is 1. The Labute approximate surface area is 146 Å². The fraction of sp³-hybridized carbons (Fsp3) is 0.500. The topological polar surface area (TPSA) is 180 Å². The molecule has 0 unspecified atom stereocenters. The number of aliphatic carboxylic acids is 1. The highest BCUT2D eigenvalue weighted by Crippen LogP contribution is 2.47. The molecule has 0 spiro atoms. The number of ether oxygens (including phenoxy) is 1. The van der Waals surface area contributed by atoms with Gasteiger partial charge in [-0.1, -0.05) is 0 Å². The van der Waals surface area contributed by atoms with E-state index in [1.807, 2.05) is 0 Å². The van der Waals surface area contributed by atoms with Crippen LogP contribution in [0.5, 0.6) is 0 Å². The number of carboxylic acids is 1. The van der Waals surface area contributed by atoms with Crippen LogP contribution in [0.15, 0.2) is 11.3 Å². The maximum atomic E-state index is 12.3. The molecule has 3 aliphatic rings. The minimum atomic E-state index is -1.36. The van der Waals surface area contributed by atoms with Gasteiger partial charge in [0.15, 0.2) is 0 Å². The molecule has 4 amide bonds. The summed E-state index contributed by atoms with van der Waals surface area (Å²) >= 11 is 0. The highest BCUT2D eigenvalue weighted by atomic mass is 16.5. The summed E-state index contributed by atoms with van der Waals surface area (Å²) in [4.78, 5) is 59.4. The number of carbonyl (C=O) groups excluding carboxylic acids is 3. The number of amides is 4. The lowest BCUT2D eigenvalue weighted by Gasteiger charge is -2.49. The molecule has 3 rings (SSSR count). The van der Waals surface area contributed by atoms with Gasteiger partial charge >= 0.3 is 18.2 Å². The third kappa shape index (κ3) is 2.68. The molecular weight excluding hydrogens is 352 g/mol. The number of carboxylic acid groups (broad SMARTS) is 2. The number of nitrogens with zero attached hydrogens (tertiary/aromatic N) is 2. The first kappa shape index (κ1) is 17.5. The van der Waals surface area contributed by atoms with Crippen LogP contribution in [0.4, 0.5) is 9.59 Å². The number of hydrogen-bond donors (Lipinski definition) is 4. The van der Waals surface area contributed by atoms with E-state index in [0.717, 1.165) is 9.80 Å². The van der Waals surface area contributed by atoms with Crippen molar-refractivity contribution in [2.45, 2.75) is 18.5 Å². The number of hydrogen-bond acceptors (Lipinski definition) is 6. The lowest BCUT2D eigenvalue weighted by atomic mass is 9.79. The van der Waals surface area contributed by atoms with Gasteiger partial charge in [-0.05, 0) is 12.0 Å². The number of nitrogens with two attached hydrogens (primary N) is 1. The molecule has 26 heavy (non-hydrogen) atoms. The standard InChI is InChI=1S/C14H16N4O8/c15-7(19)2-16-13(23)26-4-6-1-5-3-17(14(24)25)10-8(5)18(11(10)20)9(6)12(21)22/h5,8,10H,1-4H2,(H2,15,19)(H,16,23)(H,21,22)(H,24,25)/t5-,8-,10+/m1/s1. The van der Waals surface area contributed by atoms with E-state index in [9.17, 15) is 34.2 Å². The van der Waals surface area contributed by atoms with Crippen molar-refractivity contribution in [2.24, 2.45) is 11.7 Å². The van der Waals surface area contributed by atoms with E-state index in [0.29, 0.717) is 0 Å². The summed E-state index contributed by atoms with van der Waals surface area (Å²) in [5.74, 6) is -3.01. The monoisotopic (exact) mass is 368 g/mol. The van der Waals surface area contributed by atoms with Gasteiger partial charge in [-0.3, -0.25) is 19.4 Å². The Balaban J connectivity index is 1.77. The quantitative estimate of drug-likeness (QED) is 0.407. The van der Waals surface area contributed by atoms with Crippen LogP contribution in [0.25, 0.3) is 0 Å². The minimum absolute atomic E-state index is 0.0944. The van der Waals surface area contributed by atoms with Crippen LogP contribution in [0, 0.1) is 5.92 Å². The molecule has 0 aromatic carbocycles. The average molecular weight is 368 g/mol. The van der Waals surface area contributed by atoms with Gasteiger partial charge in [-0.2, -0.15) is 0 Å². The van der Waals surface area contributed by atoms with Crippen LogP contribution < -0.4 is 11.1 Å². The van der Waals surface area contributed by atoms with Gasteiger partial charge in [0, 0.05) is 12.5 Å². The van der Waals surface area contributed by atoms with Gasteiger partial charge in [0.1, 0.15) is 18.3 Å². The SMILES string of the molecule is NC(=O)CNC(=O)OCC1=C(C(=O)O)N2C(=O)[C@@H]3[C@H]2[C@H](C1)CN3C(=O)O. The minimum Gasteiger partial charge on any atom is -0.477 e. The smallest absolute Gasteiger partial charge is 0.408 e. The summed E-state index contributed by atoms with van der Waals surface area (Å²) in [5.41, 5.74) is 4.79. The van der Waals surface area contributed by atoms with Crippen molar-refractivity contribution < 1.29 is 38.9 Å². The zero-order chi connectivity index (χ0) is 19.2. The second-order valence-electron chi connectivity index (χ2n) is 6.20. The first-order valence-electron chi connectivity index (χ1n) is 7.69. The van der Waals surface area contributed by atoms with Crippen molar-refractivity contribution in [1.29, 1.82) is 0 Å². The molecule has 3 atom stereocenters. The van der Waals surface area contributed by atoms with Gasteiger partial charge in [0.2, 0.25) is 5.91 Å².